The molecule has 1 aliphatic carbocycles. The number of benzene rings is 1. The van der Waals surface area contributed by atoms with E-state index in [2.05, 4.69) is 15.6 Å². The highest BCUT2D eigenvalue weighted by Gasteiger charge is 2.24. The van der Waals surface area contributed by atoms with Crippen molar-refractivity contribution in [2.75, 3.05) is 25.0 Å². The molecule has 2 heterocycles. The molecule has 1 aromatic heterocycles. The fourth-order valence-corrected chi connectivity index (χ4v) is 2.86. The molecule has 5 nitrogen and oxygen atoms in total. The smallest absolute Gasteiger partial charge is 0.258 e. The predicted molar refractivity (Wildman–Crippen MR) is 87.3 cm³/mol. The van der Waals surface area contributed by atoms with Gasteiger partial charge in [0, 0.05) is 18.5 Å². The van der Waals surface area contributed by atoms with Gasteiger partial charge in [0.25, 0.3) is 5.88 Å². The molecule has 0 amide bonds. The van der Waals surface area contributed by atoms with E-state index in [0.717, 1.165) is 29.9 Å². The normalized spacial score (nSPS) is 21.7. The van der Waals surface area contributed by atoms with Crippen molar-refractivity contribution >= 4 is 16.9 Å². The third-order valence-electron chi connectivity index (χ3n) is 4.31. The van der Waals surface area contributed by atoms with E-state index in [0.29, 0.717) is 24.4 Å². The Morgan fingerprint density at radius 3 is 2.68 bits per heavy atom. The lowest BCUT2D eigenvalue weighted by molar-refractivity contribution is 0.213. The van der Waals surface area contributed by atoms with Crippen molar-refractivity contribution < 1.29 is 4.74 Å². The van der Waals surface area contributed by atoms with E-state index in [4.69, 9.17) is 9.72 Å². The quantitative estimate of drug-likeness (QED) is 0.888. The summed E-state index contributed by atoms with van der Waals surface area (Å²) in [6, 6.07) is 8.49. The monoisotopic (exact) mass is 298 g/mol. The van der Waals surface area contributed by atoms with E-state index in [1.54, 1.807) is 0 Å². The number of nitrogens with one attached hydrogen (secondary N) is 2. The molecule has 116 valence electrons. The summed E-state index contributed by atoms with van der Waals surface area (Å²) in [5.74, 6) is 2.01. The van der Waals surface area contributed by atoms with Gasteiger partial charge in [-0.25, -0.2) is 9.97 Å². The van der Waals surface area contributed by atoms with Crippen LogP contribution in [0, 0.1) is 5.92 Å². The van der Waals surface area contributed by atoms with E-state index in [-0.39, 0.29) is 0 Å². The van der Waals surface area contributed by atoms with Gasteiger partial charge in [-0.1, -0.05) is 12.1 Å². The van der Waals surface area contributed by atoms with Crippen LogP contribution in [0.3, 0.4) is 0 Å². The summed E-state index contributed by atoms with van der Waals surface area (Å²) in [4.78, 5) is 9.38. The Hall–Kier alpha value is -1.88. The zero-order valence-corrected chi connectivity index (χ0v) is 12.7. The number of hydrogen-bond acceptors (Lipinski definition) is 5. The summed E-state index contributed by atoms with van der Waals surface area (Å²) in [6.45, 7) is 2.87. The van der Waals surface area contributed by atoms with Gasteiger partial charge in [-0.2, -0.15) is 0 Å². The Morgan fingerprint density at radius 1 is 1.14 bits per heavy atom. The summed E-state index contributed by atoms with van der Waals surface area (Å²) in [6.07, 6.45) is 4.87. The number of para-hydroxylation sites is 2. The van der Waals surface area contributed by atoms with Crippen LogP contribution in [0.4, 0.5) is 5.82 Å². The Labute approximate surface area is 130 Å². The van der Waals surface area contributed by atoms with Gasteiger partial charge >= 0.3 is 0 Å². The Morgan fingerprint density at radius 2 is 1.95 bits per heavy atom. The second-order valence-electron chi connectivity index (χ2n) is 6.31. The molecule has 4 rings (SSSR count). The van der Waals surface area contributed by atoms with Crippen LogP contribution in [0.15, 0.2) is 24.3 Å². The zero-order valence-electron chi connectivity index (χ0n) is 12.7. The molecule has 1 aromatic carbocycles. The van der Waals surface area contributed by atoms with Crippen LogP contribution in [0.25, 0.3) is 11.0 Å². The highest BCUT2D eigenvalue weighted by Crippen LogP contribution is 2.30. The lowest BCUT2D eigenvalue weighted by atomic mass is 10.0. The van der Waals surface area contributed by atoms with E-state index in [1.807, 2.05) is 24.3 Å². The standard InChI is InChI=1S/C17H22N4O/c1-2-6-15-14(5-1)20-16(19-13-7-8-13)17(21-15)22-11-12-4-3-9-18-10-12/h1-2,5-6,12-13,18H,3-4,7-11H2,(H,19,20)/t12-/m1/s1. The van der Waals surface area contributed by atoms with Crippen molar-refractivity contribution in [1.29, 1.82) is 0 Å². The van der Waals surface area contributed by atoms with E-state index in [9.17, 15) is 0 Å². The number of fused-ring (bicyclic) bond motifs is 1. The van der Waals surface area contributed by atoms with Crippen molar-refractivity contribution in [3.63, 3.8) is 0 Å². The van der Waals surface area contributed by atoms with Crippen molar-refractivity contribution in [3.8, 4) is 5.88 Å². The highest BCUT2D eigenvalue weighted by molar-refractivity contribution is 5.77. The van der Waals surface area contributed by atoms with Crippen LogP contribution in [0.2, 0.25) is 0 Å². The van der Waals surface area contributed by atoms with Gasteiger partial charge in [-0.05, 0) is 44.4 Å². The molecule has 2 aromatic rings. The van der Waals surface area contributed by atoms with Gasteiger partial charge in [0.15, 0.2) is 5.82 Å². The largest absolute Gasteiger partial charge is 0.475 e. The van der Waals surface area contributed by atoms with Gasteiger partial charge in [0.1, 0.15) is 0 Å². The third-order valence-corrected chi connectivity index (χ3v) is 4.31. The highest BCUT2D eigenvalue weighted by atomic mass is 16.5. The van der Waals surface area contributed by atoms with E-state index >= 15 is 0 Å². The van der Waals surface area contributed by atoms with Gasteiger partial charge in [0.2, 0.25) is 0 Å². The molecule has 0 radical (unpaired) electrons. The first-order chi connectivity index (χ1) is 10.9. The number of nitrogens with zero attached hydrogens (tertiary/aromatic N) is 2. The van der Waals surface area contributed by atoms with Crippen LogP contribution < -0.4 is 15.4 Å². The number of anilines is 1. The lowest BCUT2D eigenvalue weighted by Crippen LogP contribution is -2.33. The maximum absolute atomic E-state index is 6.04. The van der Waals surface area contributed by atoms with Crippen LogP contribution in [-0.4, -0.2) is 35.7 Å². The molecule has 0 bridgehead atoms. The SMILES string of the molecule is c1ccc2nc(OC[C@@H]3CCCNC3)c(NC3CC3)nc2c1. The summed E-state index contributed by atoms with van der Waals surface area (Å²) in [7, 11) is 0. The molecule has 1 saturated carbocycles. The zero-order chi connectivity index (χ0) is 14.8. The molecule has 2 fully saturated rings. The Balaban J connectivity index is 1.55. The molecule has 5 heteroatoms. The Kier molecular flexibility index (Phi) is 3.81. The first-order valence-corrected chi connectivity index (χ1v) is 8.25. The molecule has 2 aliphatic rings. The van der Waals surface area contributed by atoms with Crippen molar-refractivity contribution in [2.24, 2.45) is 5.92 Å². The lowest BCUT2D eigenvalue weighted by Gasteiger charge is -2.23. The second kappa shape index (κ2) is 6.08. The van der Waals surface area contributed by atoms with Crippen molar-refractivity contribution in [2.45, 2.75) is 31.7 Å². The number of rotatable bonds is 5. The van der Waals surface area contributed by atoms with Crippen LogP contribution in [0.5, 0.6) is 5.88 Å². The summed E-state index contributed by atoms with van der Waals surface area (Å²) < 4.78 is 6.04. The molecule has 22 heavy (non-hydrogen) atoms. The van der Waals surface area contributed by atoms with Gasteiger partial charge in [-0.3, -0.25) is 0 Å². The number of aromatic nitrogens is 2. The van der Waals surface area contributed by atoms with Gasteiger partial charge in [-0.15, -0.1) is 0 Å². The summed E-state index contributed by atoms with van der Waals surface area (Å²) in [5, 5.41) is 6.88. The van der Waals surface area contributed by atoms with Crippen LogP contribution in [0.1, 0.15) is 25.7 Å². The molecule has 0 spiro atoms. The fourth-order valence-electron chi connectivity index (χ4n) is 2.86. The van der Waals surface area contributed by atoms with Crippen molar-refractivity contribution in [3.05, 3.63) is 24.3 Å². The minimum Gasteiger partial charge on any atom is -0.475 e. The second-order valence-corrected chi connectivity index (χ2v) is 6.31. The number of hydrogen-bond donors (Lipinski definition) is 2. The Bertz CT molecular complexity index is 650. The molecule has 2 N–H and O–H groups in total. The first-order valence-electron chi connectivity index (χ1n) is 8.25. The fraction of sp³-hybridized carbons (Fsp3) is 0.529. The first kappa shape index (κ1) is 13.8. The third kappa shape index (κ3) is 3.14. The minimum absolute atomic E-state index is 0.536. The molecular formula is C17H22N4O. The topological polar surface area (TPSA) is 59.1 Å². The predicted octanol–water partition coefficient (Wildman–Crippen LogP) is 2.58. The van der Waals surface area contributed by atoms with Crippen LogP contribution >= 0.6 is 0 Å². The molecular weight excluding hydrogens is 276 g/mol. The van der Waals surface area contributed by atoms with Crippen LogP contribution in [-0.2, 0) is 0 Å². The summed E-state index contributed by atoms with van der Waals surface area (Å²) in [5.41, 5.74) is 1.80. The van der Waals surface area contributed by atoms with Gasteiger partial charge < -0.3 is 15.4 Å². The maximum Gasteiger partial charge on any atom is 0.258 e. The average Bonchev–Trinajstić information content (AvgIpc) is 3.38. The minimum atomic E-state index is 0.536. The molecule has 0 unspecified atom stereocenters. The molecule has 1 atom stereocenters. The average molecular weight is 298 g/mol. The van der Waals surface area contributed by atoms with E-state index < -0.39 is 0 Å². The molecule has 1 aliphatic heterocycles. The van der Waals surface area contributed by atoms with Crippen molar-refractivity contribution in [1.82, 2.24) is 15.3 Å². The molecule has 1 saturated heterocycles. The maximum atomic E-state index is 6.04. The number of ether oxygens (including phenoxy) is 1. The summed E-state index contributed by atoms with van der Waals surface area (Å²) >= 11 is 0. The van der Waals surface area contributed by atoms with Gasteiger partial charge in [0.05, 0.1) is 17.6 Å². The number of piperidine rings is 1. The van der Waals surface area contributed by atoms with E-state index in [1.165, 1.54) is 25.7 Å².